The highest BCUT2D eigenvalue weighted by Gasteiger charge is 2.28. The number of rotatable bonds is 2. The molecular formula is C14H19BrN2O. The third-order valence-electron chi connectivity index (χ3n) is 3.61. The van der Waals surface area contributed by atoms with Gasteiger partial charge in [-0.1, -0.05) is 22.0 Å². The van der Waals surface area contributed by atoms with Gasteiger partial charge in [0.1, 0.15) is 0 Å². The molecule has 3 nitrogen and oxygen atoms in total. The molecule has 2 rings (SSSR count). The van der Waals surface area contributed by atoms with Crippen molar-refractivity contribution < 1.29 is 4.79 Å². The first-order chi connectivity index (χ1) is 8.49. The number of amides is 1. The maximum atomic E-state index is 12.5. The van der Waals surface area contributed by atoms with Crippen LogP contribution in [0.2, 0.25) is 0 Å². The zero-order chi connectivity index (χ0) is 13.3. The van der Waals surface area contributed by atoms with Gasteiger partial charge in [-0.3, -0.25) is 4.79 Å². The topological polar surface area (TPSA) is 23.6 Å². The average molecular weight is 311 g/mol. The lowest BCUT2D eigenvalue weighted by atomic mass is 10.1. The molecule has 0 aromatic heterocycles. The van der Waals surface area contributed by atoms with E-state index >= 15 is 0 Å². The first-order valence-electron chi connectivity index (χ1n) is 6.21. The largest absolute Gasteiger partial charge is 0.337 e. The van der Waals surface area contributed by atoms with Crippen molar-refractivity contribution in [3.8, 4) is 0 Å². The number of hydrogen-bond acceptors (Lipinski definition) is 2. The van der Waals surface area contributed by atoms with Gasteiger partial charge in [0.05, 0.1) is 0 Å². The Kier molecular flexibility index (Phi) is 4.07. The smallest absolute Gasteiger partial charge is 0.254 e. The van der Waals surface area contributed by atoms with Crippen LogP contribution in [0.5, 0.6) is 0 Å². The van der Waals surface area contributed by atoms with E-state index in [2.05, 4.69) is 34.9 Å². The lowest BCUT2D eigenvalue weighted by Crippen LogP contribution is -2.34. The van der Waals surface area contributed by atoms with Crippen LogP contribution < -0.4 is 0 Å². The summed E-state index contributed by atoms with van der Waals surface area (Å²) in [7, 11) is 4.14. The van der Waals surface area contributed by atoms with Crippen LogP contribution in [0.25, 0.3) is 0 Å². The second-order valence-electron chi connectivity index (χ2n) is 5.12. The van der Waals surface area contributed by atoms with Crippen LogP contribution in [0.3, 0.4) is 0 Å². The normalized spacial score (nSPS) is 19.6. The Morgan fingerprint density at radius 1 is 1.44 bits per heavy atom. The van der Waals surface area contributed by atoms with E-state index in [1.807, 2.05) is 30.0 Å². The molecule has 0 aliphatic carbocycles. The zero-order valence-corrected chi connectivity index (χ0v) is 12.7. The van der Waals surface area contributed by atoms with E-state index in [1.165, 1.54) is 0 Å². The van der Waals surface area contributed by atoms with Crippen molar-refractivity contribution in [2.24, 2.45) is 0 Å². The quantitative estimate of drug-likeness (QED) is 0.838. The summed E-state index contributed by atoms with van der Waals surface area (Å²) < 4.78 is 0.958. The summed E-state index contributed by atoms with van der Waals surface area (Å²) >= 11 is 3.43. The lowest BCUT2D eigenvalue weighted by Gasteiger charge is -2.21. The van der Waals surface area contributed by atoms with Crippen LogP contribution in [0.4, 0.5) is 0 Å². The molecule has 98 valence electrons. The van der Waals surface area contributed by atoms with Gasteiger partial charge in [-0.05, 0) is 45.1 Å². The third-order valence-corrected chi connectivity index (χ3v) is 4.10. The van der Waals surface area contributed by atoms with Gasteiger partial charge in [0.25, 0.3) is 5.91 Å². The van der Waals surface area contributed by atoms with Crippen molar-refractivity contribution >= 4 is 21.8 Å². The summed E-state index contributed by atoms with van der Waals surface area (Å²) in [4.78, 5) is 16.6. The molecule has 0 radical (unpaired) electrons. The van der Waals surface area contributed by atoms with E-state index in [0.29, 0.717) is 6.04 Å². The van der Waals surface area contributed by atoms with Gasteiger partial charge in [0.2, 0.25) is 0 Å². The summed E-state index contributed by atoms with van der Waals surface area (Å²) in [6.07, 6.45) is 1.06. The minimum absolute atomic E-state index is 0.151. The molecule has 1 heterocycles. The van der Waals surface area contributed by atoms with Crippen molar-refractivity contribution in [1.82, 2.24) is 9.80 Å². The van der Waals surface area contributed by atoms with Gasteiger partial charge in [-0.15, -0.1) is 0 Å². The SMILES string of the molecule is Cc1ccc(Br)cc1C(=O)N1CCC(N(C)C)C1. The number of aryl methyl sites for hydroxylation is 1. The molecule has 1 saturated heterocycles. The Labute approximate surface area is 117 Å². The van der Waals surface area contributed by atoms with Gasteiger partial charge >= 0.3 is 0 Å². The molecule has 1 unspecified atom stereocenters. The molecule has 1 atom stereocenters. The first kappa shape index (κ1) is 13.6. The van der Waals surface area contributed by atoms with E-state index < -0.39 is 0 Å². The summed E-state index contributed by atoms with van der Waals surface area (Å²) in [6.45, 7) is 3.67. The van der Waals surface area contributed by atoms with Crippen LogP contribution in [-0.4, -0.2) is 48.9 Å². The number of likely N-dealkylation sites (N-methyl/N-ethyl adjacent to an activating group) is 1. The van der Waals surface area contributed by atoms with Crippen LogP contribution in [0.1, 0.15) is 22.3 Å². The van der Waals surface area contributed by atoms with E-state index in [9.17, 15) is 4.79 Å². The maximum Gasteiger partial charge on any atom is 0.254 e. The molecule has 18 heavy (non-hydrogen) atoms. The average Bonchev–Trinajstić information content (AvgIpc) is 2.81. The first-order valence-corrected chi connectivity index (χ1v) is 7.00. The van der Waals surface area contributed by atoms with Gasteiger partial charge in [-0.2, -0.15) is 0 Å². The summed E-state index contributed by atoms with van der Waals surface area (Å²) in [6, 6.07) is 6.36. The summed E-state index contributed by atoms with van der Waals surface area (Å²) in [5, 5.41) is 0. The fourth-order valence-electron chi connectivity index (χ4n) is 2.34. The second-order valence-corrected chi connectivity index (χ2v) is 6.03. The monoisotopic (exact) mass is 310 g/mol. The number of carbonyl (C=O) groups is 1. The fourth-order valence-corrected chi connectivity index (χ4v) is 2.70. The highest BCUT2D eigenvalue weighted by atomic mass is 79.9. The van der Waals surface area contributed by atoms with Crippen molar-refractivity contribution in [1.29, 1.82) is 0 Å². The third kappa shape index (κ3) is 2.75. The predicted octanol–water partition coefficient (Wildman–Crippen LogP) is 2.53. The molecule has 4 heteroatoms. The van der Waals surface area contributed by atoms with Crippen molar-refractivity contribution in [2.75, 3.05) is 27.2 Å². The molecule has 1 aromatic rings. The zero-order valence-electron chi connectivity index (χ0n) is 11.1. The van der Waals surface area contributed by atoms with Crippen LogP contribution in [-0.2, 0) is 0 Å². The molecule has 0 spiro atoms. The second kappa shape index (κ2) is 5.41. The number of carbonyl (C=O) groups excluding carboxylic acids is 1. The van der Waals surface area contributed by atoms with Crippen LogP contribution in [0.15, 0.2) is 22.7 Å². The lowest BCUT2D eigenvalue weighted by molar-refractivity contribution is 0.0782. The Morgan fingerprint density at radius 3 is 2.78 bits per heavy atom. The molecule has 1 amide bonds. The minimum Gasteiger partial charge on any atom is -0.337 e. The highest BCUT2D eigenvalue weighted by molar-refractivity contribution is 9.10. The Hall–Kier alpha value is -0.870. The Bertz CT molecular complexity index is 459. The van der Waals surface area contributed by atoms with E-state index in [0.717, 1.165) is 35.1 Å². The number of likely N-dealkylation sites (tertiary alicyclic amines) is 1. The minimum atomic E-state index is 0.151. The predicted molar refractivity (Wildman–Crippen MR) is 76.9 cm³/mol. The van der Waals surface area contributed by atoms with Crippen molar-refractivity contribution in [3.05, 3.63) is 33.8 Å². The highest BCUT2D eigenvalue weighted by Crippen LogP contribution is 2.21. The van der Waals surface area contributed by atoms with Crippen LogP contribution in [0, 0.1) is 6.92 Å². The van der Waals surface area contributed by atoms with Gasteiger partial charge in [0.15, 0.2) is 0 Å². The molecular weight excluding hydrogens is 292 g/mol. The molecule has 0 bridgehead atoms. The van der Waals surface area contributed by atoms with Gasteiger partial charge < -0.3 is 9.80 Å². The van der Waals surface area contributed by atoms with E-state index in [-0.39, 0.29) is 5.91 Å². The standard InChI is InChI=1S/C14H19BrN2O/c1-10-4-5-11(15)8-13(10)14(18)17-7-6-12(9-17)16(2)3/h4-5,8,12H,6-7,9H2,1-3H3. The van der Waals surface area contributed by atoms with Crippen molar-refractivity contribution in [3.63, 3.8) is 0 Å². The molecule has 0 N–H and O–H groups in total. The van der Waals surface area contributed by atoms with Crippen LogP contribution >= 0.6 is 15.9 Å². The van der Waals surface area contributed by atoms with E-state index in [1.54, 1.807) is 0 Å². The molecule has 1 fully saturated rings. The molecule has 1 aliphatic heterocycles. The van der Waals surface area contributed by atoms with E-state index in [4.69, 9.17) is 0 Å². The number of halogens is 1. The number of nitrogens with zero attached hydrogens (tertiary/aromatic N) is 2. The van der Waals surface area contributed by atoms with Gasteiger partial charge in [-0.25, -0.2) is 0 Å². The summed E-state index contributed by atoms with van der Waals surface area (Å²) in [5.74, 6) is 0.151. The summed E-state index contributed by atoms with van der Waals surface area (Å²) in [5.41, 5.74) is 1.85. The number of benzene rings is 1. The molecule has 0 saturated carbocycles. The maximum absolute atomic E-state index is 12.5. The van der Waals surface area contributed by atoms with Gasteiger partial charge in [0, 0.05) is 29.2 Å². The molecule has 1 aromatic carbocycles. The Balaban J connectivity index is 2.15. The number of hydrogen-bond donors (Lipinski definition) is 0. The Morgan fingerprint density at radius 2 is 2.17 bits per heavy atom. The molecule has 1 aliphatic rings. The van der Waals surface area contributed by atoms with Crippen molar-refractivity contribution in [2.45, 2.75) is 19.4 Å². The fraction of sp³-hybridized carbons (Fsp3) is 0.500.